The van der Waals surface area contributed by atoms with Gasteiger partial charge >= 0.3 is 5.97 Å². The van der Waals surface area contributed by atoms with Gasteiger partial charge in [-0.1, -0.05) is 25.3 Å². The summed E-state index contributed by atoms with van der Waals surface area (Å²) in [6.45, 7) is 1.47. The van der Waals surface area contributed by atoms with Crippen molar-refractivity contribution in [1.82, 2.24) is 4.90 Å². The molecule has 2 fully saturated rings. The Bertz CT molecular complexity index is 898. The third kappa shape index (κ3) is 4.06. The third-order valence-corrected chi connectivity index (χ3v) is 5.88. The summed E-state index contributed by atoms with van der Waals surface area (Å²) in [6, 6.07) is 8.30. The summed E-state index contributed by atoms with van der Waals surface area (Å²) in [7, 11) is 1.58. The summed E-state index contributed by atoms with van der Waals surface area (Å²) < 4.78 is 5.34. The number of anilines is 1. The highest BCUT2D eigenvalue weighted by molar-refractivity contribution is 6.20. The van der Waals surface area contributed by atoms with E-state index in [1.807, 2.05) is 0 Å². The van der Waals surface area contributed by atoms with Crippen LogP contribution in [0.3, 0.4) is 0 Å². The van der Waals surface area contributed by atoms with E-state index in [1.54, 1.807) is 19.2 Å². The number of amides is 3. The predicted octanol–water partition coefficient (Wildman–Crippen LogP) is 2.57. The maximum atomic E-state index is 12.8. The Morgan fingerprint density at radius 3 is 2.40 bits per heavy atom. The molecule has 2 aliphatic rings. The second kappa shape index (κ2) is 8.66. The van der Waals surface area contributed by atoms with Crippen LogP contribution in [0.15, 0.2) is 24.3 Å². The number of hydrogen-bond donors (Lipinski definition) is 0. The second-order valence-corrected chi connectivity index (χ2v) is 7.82. The van der Waals surface area contributed by atoms with Gasteiger partial charge in [0.15, 0.2) is 6.10 Å². The highest BCUT2D eigenvalue weighted by Gasteiger charge is 2.41. The zero-order chi connectivity index (χ0) is 21.9. The molecule has 0 unspecified atom stereocenters. The van der Waals surface area contributed by atoms with E-state index in [1.165, 1.54) is 24.0 Å². The molecule has 3 amide bonds. The maximum Gasteiger partial charge on any atom is 0.338 e. The lowest BCUT2D eigenvalue weighted by molar-refractivity contribution is -0.143. The van der Waals surface area contributed by atoms with Gasteiger partial charge in [0.05, 0.1) is 17.3 Å². The molecular weight excluding hydrogens is 386 g/mol. The Morgan fingerprint density at radius 1 is 1.17 bits per heavy atom. The Labute approximate surface area is 175 Å². The molecule has 1 saturated heterocycles. The van der Waals surface area contributed by atoms with Crippen molar-refractivity contribution < 1.29 is 23.9 Å². The van der Waals surface area contributed by atoms with Crippen molar-refractivity contribution >= 4 is 29.4 Å². The Balaban J connectivity index is 1.70. The van der Waals surface area contributed by atoms with E-state index in [4.69, 9.17) is 4.74 Å². The molecule has 1 aromatic rings. The van der Waals surface area contributed by atoms with Crippen molar-refractivity contribution in [1.29, 1.82) is 5.26 Å². The Morgan fingerprint density at radius 2 is 1.80 bits per heavy atom. The fraction of sp³-hybridized carbons (Fsp3) is 0.500. The quantitative estimate of drug-likeness (QED) is 0.544. The minimum atomic E-state index is -1.08. The molecule has 0 aromatic heterocycles. The van der Waals surface area contributed by atoms with Crippen LogP contribution in [0.1, 0.15) is 62.2 Å². The number of esters is 1. The number of benzene rings is 1. The first-order valence-electron chi connectivity index (χ1n) is 10.1. The zero-order valence-corrected chi connectivity index (χ0v) is 17.2. The molecular formula is C22H25N3O5. The minimum absolute atomic E-state index is 0.134. The smallest absolute Gasteiger partial charge is 0.338 e. The molecule has 30 heavy (non-hydrogen) atoms. The first-order valence-corrected chi connectivity index (χ1v) is 10.1. The molecule has 1 heterocycles. The van der Waals surface area contributed by atoms with E-state index in [0.29, 0.717) is 18.5 Å². The number of nitriles is 1. The first kappa shape index (κ1) is 21.5. The molecule has 1 aliphatic carbocycles. The molecule has 3 rings (SSSR count). The minimum Gasteiger partial charge on any atom is -0.449 e. The lowest BCUT2D eigenvalue weighted by Crippen LogP contribution is -2.53. The largest absolute Gasteiger partial charge is 0.449 e. The molecule has 0 radical (unpaired) electrons. The lowest BCUT2D eigenvalue weighted by atomic mass is 9.81. The van der Waals surface area contributed by atoms with Crippen LogP contribution in [0.2, 0.25) is 0 Å². The highest BCUT2D eigenvalue weighted by Crippen LogP contribution is 2.33. The van der Waals surface area contributed by atoms with Crippen molar-refractivity contribution in [2.75, 3.05) is 11.9 Å². The number of ether oxygens (including phenoxy) is 1. The Kier molecular flexibility index (Phi) is 6.20. The van der Waals surface area contributed by atoms with Gasteiger partial charge in [0.1, 0.15) is 5.54 Å². The number of carbonyl (C=O) groups excluding carboxylic acids is 4. The van der Waals surface area contributed by atoms with Crippen molar-refractivity contribution in [2.24, 2.45) is 0 Å². The molecule has 0 N–H and O–H groups in total. The molecule has 1 atom stereocenters. The van der Waals surface area contributed by atoms with E-state index >= 15 is 0 Å². The average molecular weight is 411 g/mol. The average Bonchev–Trinajstić information content (AvgIpc) is 3.11. The molecule has 0 bridgehead atoms. The molecule has 8 nitrogen and oxygen atoms in total. The summed E-state index contributed by atoms with van der Waals surface area (Å²) in [4.78, 5) is 51.7. The van der Waals surface area contributed by atoms with Gasteiger partial charge in [0.25, 0.3) is 5.91 Å². The van der Waals surface area contributed by atoms with Crippen LogP contribution in [-0.2, 0) is 19.1 Å². The van der Waals surface area contributed by atoms with Crippen LogP contribution in [0.4, 0.5) is 5.69 Å². The standard InChI is InChI=1S/C22H25N3O5/c1-15(20(28)24(2)22(14-23)11-4-3-5-12-22)30-21(29)16-7-6-8-17(13-16)25-18(26)9-10-19(25)27/h6-8,13,15H,3-5,9-12H2,1-2H3/t15-/m0/s1. The van der Waals surface area contributed by atoms with E-state index in [-0.39, 0.29) is 30.2 Å². The van der Waals surface area contributed by atoms with Gasteiger partial charge in [0, 0.05) is 19.9 Å². The number of nitrogens with zero attached hydrogens (tertiary/aromatic N) is 3. The maximum absolute atomic E-state index is 12.8. The van der Waals surface area contributed by atoms with E-state index in [0.717, 1.165) is 24.2 Å². The van der Waals surface area contributed by atoms with Gasteiger partial charge in [-0.3, -0.25) is 19.3 Å². The van der Waals surface area contributed by atoms with Crippen molar-refractivity contribution in [3.8, 4) is 6.07 Å². The van der Waals surface area contributed by atoms with E-state index < -0.39 is 23.5 Å². The van der Waals surface area contributed by atoms with Gasteiger partial charge in [-0.15, -0.1) is 0 Å². The first-order chi connectivity index (χ1) is 14.3. The number of carbonyl (C=O) groups is 4. The van der Waals surface area contributed by atoms with Gasteiger partial charge in [0.2, 0.25) is 11.8 Å². The molecule has 0 spiro atoms. The fourth-order valence-corrected chi connectivity index (χ4v) is 4.06. The Hall–Kier alpha value is -3.21. The lowest BCUT2D eigenvalue weighted by Gasteiger charge is -2.39. The van der Waals surface area contributed by atoms with E-state index in [9.17, 15) is 24.4 Å². The molecule has 1 aliphatic heterocycles. The van der Waals surface area contributed by atoms with E-state index in [2.05, 4.69) is 6.07 Å². The highest BCUT2D eigenvalue weighted by atomic mass is 16.5. The normalized spacial score (nSPS) is 19.2. The van der Waals surface area contributed by atoms with Crippen LogP contribution in [0.5, 0.6) is 0 Å². The topological polar surface area (TPSA) is 108 Å². The molecule has 1 aromatic carbocycles. The summed E-state index contributed by atoms with van der Waals surface area (Å²) in [5.41, 5.74) is -0.430. The van der Waals surface area contributed by atoms with Gasteiger partial charge < -0.3 is 9.64 Å². The number of likely N-dealkylation sites (N-methyl/N-ethyl adjacent to an activating group) is 1. The molecule has 158 valence electrons. The number of hydrogen-bond acceptors (Lipinski definition) is 6. The third-order valence-electron chi connectivity index (χ3n) is 5.88. The van der Waals surface area contributed by atoms with Gasteiger partial charge in [-0.05, 0) is 38.0 Å². The summed E-state index contributed by atoms with van der Waals surface area (Å²) >= 11 is 0. The van der Waals surface area contributed by atoms with Crippen LogP contribution in [-0.4, -0.2) is 47.3 Å². The summed E-state index contributed by atoms with van der Waals surface area (Å²) in [5.74, 6) is -1.80. The van der Waals surface area contributed by atoms with Crippen LogP contribution < -0.4 is 4.90 Å². The fourth-order valence-electron chi connectivity index (χ4n) is 4.06. The molecule has 1 saturated carbocycles. The zero-order valence-electron chi connectivity index (χ0n) is 17.2. The van der Waals surface area contributed by atoms with Crippen LogP contribution in [0.25, 0.3) is 0 Å². The van der Waals surface area contributed by atoms with Crippen LogP contribution >= 0.6 is 0 Å². The van der Waals surface area contributed by atoms with Crippen molar-refractivity contribution in [3.63, 3.8) is 0 Å². The monoisotopic (exact) mass is 411 g/mol. The number of imide groups is 1. The van der Waals surface area contributed by atoms with Crippen LogP contribution in [0, 0.1) is 11.3 Å². The number of rotatable bonds is 5. The summed E-state index contributed by atoms with van der Waals surface area (Å²) in [6.07, 6.45) is 3.21. The summed E-state index contributed by atoms with van der Waals surface area (Å²) in [5, 5.41) is 9.67. The second-order valence-electron chi connectivity index (χ2n) is 7.82. The molecule has 8 heteroatoms. The van der Waals surface area contributed by atoms with Gasteiger partial charge in [-0.25, -0.2) is 4.79 Å². The van der Waals surface area contributed by atoms with Crippen molar-refractivity contribution in [3.05, 3.63) is 29.8 Å². The van der Waals surface area contributed by atoms with Crippen molar-refractivity contribution in [2.45, 2.75) is 63.5 Å². The SMILES string of the molecule is C[C@H](OC(=O)c1cccc(N2C(=O)CCC2=O)c1)C(=O)N(C)C1(C#N)CCCCC1. The van der Waals surface area contributed by atoms with Gasteiger partial charge in [-0.2, -0.15) is 5.26 Å². The predicted molar refractivity (Wildman–Crippen MR) is 107 cm³/mol.